The molecule has 7 nitrogen and oxygen atoms in total. The van der Waals surface area contributed by atoms with Crippen molar-refractivity contribution in [3.05, 3.63) is 115 Å². The fourth-order valence-electron chi connectivity index (χ4n) is 5.95. The summed E-state index contributed by atoms with van der Waals surface area (Å²) in [5.74, 6) is -0.258. The molecule has 2 fully saturated rings. The van der Waals surface area contributed by atoms with Crippen molar-refractivity contribution >= 4 is 17.5 Å². The number of carbonyl (C=O) groups excluding carboxylic acids is 2. The van der Waals surface area contributed by atoms with Gasteiger partial charge in [-0.2, -0.15) is 0 Å². The van der Waals surface area contributed by atoms with Gasteiger partial charge >= 0.3 is 0 Å². The van der Waals surface area contributed by atoms with E-state index in [1.54, 1.807) is 11.2 Å². The maximum atomic E-state index is 13.7. The number of hydrogen-bond donors (Lipinski definition) is 1. The minimum atomic E-state index is -0.654. The predicted octanol–water partition coefficient (Wildman–Crippen LogP) is 5.45. The van der Waals surface area contributed by atoms with E-state index < -0.39 is 5.92 Å². The number of hydrogen-bond acceptors (Lipinski definition) is 5. The molecule has 1 unspecified atom stereocenters. The average molecular weight is 560 g/mol. The molecule has 3 atom stereocenters. The van der Waals surface area contributed by atoms with Crippen molar-refractivity contribution in [2.75, 3.05) is 24.5 Å². The Bertz CT molecular complexity index is 1460. The predicted molar refractivity (Wildman–Crippen MR) is 165 cm³/mol. The van der Waals surface area contributed by atoms with Crippen LogP contribution in [0.25, 0.3) is 11.1 Å². The molecular weight excluding hydrogens is 522 g/mol. The fraction of sp³-hybridized carbons (Fsp3) is 0.314. The molecular formula is C35H37N5O2. The molecule has 1 saturated heterocycles. The number of nitrogens with one attached hydrogen (secondary N) is 1. The molecule has 4 aromatic rings. The lowest BCUT2D eigenvalue weighted by Crippen LogP contribution is -2.39. The first-order chi connectivity index (χ1) is 20.7. The topological polar surface area (TPSA) is 78.4 Å². The summed E-state index contributed by atoms with van der Waals surface area (Å²) >= 11 is 0. The quantitative estimate of drug-likeness (QED) is 0.195. The van der Waals surface area contributed by atoms with Crippen LogP contribution in [0.1, 0.15) is 42.7 Å². The Hall–Kier alpha value is -4.36. The molecule has 0 spiro atoms. The highest BCUT2D eigenvalue weighted by Gasteiger charge is 2.39. The molecule has 1 saturated carbocycles. The molecule has 1 aliphatic carbocycles. The van der Waals surface area contributed by atoms with Crippen molar-refractivity contribution in [1.82, 2.24) is 20.2 Å². The molecule has 214 valence electrons. The molecule has 3 aromatic carbocycles. The lowest BCUT2D eigenvalue weighted by molar-refractivity contribution is -0.140. The summed E-state index contributed by atoms with van der Waals surface area (Å²) < 4.78 is 0. The first-order valence-electron chi connectivity index (χ1n) is 15.0. The van der Waals surface area contributed by atoms with Crippen molar-refractivity contribution in [2.45, 2.75) is 44.2 Å². The lowest BCUT2D eigenvalue weighted by atomic mass is 9.98. The summed E-state index contributed by atoms with van der Waals surface area (Å²) in [5.41, 5.74) is 5.43. The highest BCUT2D eigenvalue weighted by molar-refractivity contribution is 6.08. The number of para-hydroxylation sites is 1. The van der Waals surface area contributed by atoms with E-state index in [4.69, 9.17) is 0 Å². The Balaban J connectivity index is 1.02. The number of carbonyl (C=O) groups is 2. The first kappa shape index (κ1) is 27.8. The SMILES string of the molecule is O=C1C(CCCCN[C@@H]2C[C@H]2c2ccc(-c3cncnc3)cc2)C(=O)N(c2ccccc2)CCN1Cc1ccccc1. The van der Waals surface area contributed by atoms with Gasteiger partial charge in [-0.1, -0.05) is 79.2 Å². The van der Waals surface area contributed by atoms with Crippen molar-refractivity contribution in [3.63, 3.8) is 0 Å². The lowest BCUT2D eigenvalue weighted by Gasteiger charge is -2.23. The van der Waals surface area contributed by atoms with Gasteiger partial charge in [0.2, 0.25) is 11.8 Å². The summed E-state index contributed by atoms with van der Waals surface area (Å²) in [6.07, 6.45) is 8.66. The van der Waals surface area contributed by atoms with Gasteiger partial charge < -0.3 is 15.1 Å². The molecule has 2 heterocycles. The van der Waals surface area contributed by atoms with Crippen molar-refractivity contribution in [1.29, 1.82) is 0 Å². The molecule has 6 rings (SSSR count). The van der Waals surface area contributed by atoms with Crippen LogP contribution < -0.4 is 10.2 Å². The molecule has 2 aliphatic rings. The molecule has 2 amide bonds. The van der Waals surface area contributed by atoms with Crippen LogP contribution in [0.5, 0.6) is 0 Å². The minimum absolute atomic E-state index is 0.0528. The molecule has 42 heavy (non-hydrogen) atoms. The van der Waals surface area contributed by atoms with Crippen LogP contribution in [0.4, 0.5) is 5.69 Å². The van der Waals surface area contributed by atoms with E-state index >= 15 is 0 Å². The highest BCUT2D eigenvalue weighted by Crippen LogP contribution is 2.41. The number of anilines is 1. The third-order valence-corrected chi connectivity index (χ3v) is 8.40. The number of aromatic nitrogens is 2. The maximum Gasteiger partial charge on any atom is 0.239 e. The third-order valence-electron chi connectivity index (χ3n) is 8.40. The second-order valence-electron chi connectivity index (χ2n) is 11.3. The van der Waals surface area contributed by atoms with E-state index in [0.717, 1.165) is 48.2 Å². The van der Waals surface area contributed by atoms with E-state index in [1.807, 2.05) is 78.0 Å². The zero-order chi connectivity index (χ0) is 28.7. The van der Waals surface area contributed by atoms with E-state index in [1.165, 1.54) is 5.56 Å². The Morgan fingerprint density at radius 1 is 0.762 bits per heavy atom. The second kappa shape index (κ2) is 13.1. The van der Waals surface area contributed by atoms with Crippen LogP contribution in [-0.4, -0.2) is 52.4 Å². The van der Waals surface area contributed by atoms with Crippen LogP contribution >= 0.6 is 0 Å². The summed E-state index contributed by atoms with van der Waals surface area (Å²) in [6.45, 7) is 2.43. The molecule has 0 bridgehead atoms. The van der Waals surface area contributed by atoms with Gasteiger partial charge in [-0.05, 0) is 54.6 Å². The molecule has 1 aliphatic heterocycles. The molecule has 1 N–H and O–H groups in total. The Kier molecular flexibility index (Phi) is 8.66. The van der Waals surface area contributed by atoms with Gasteiger partial charge in [0.25, 0.3) is 0 Å². The molecule has 7 heteroatoms. The monoisotopic (exact) mass is 559 g/mol. The van der Waals surface area contributed by atoms with Gasteiger partial charge in [0.15, 0.2) is 0 Å². The Labute approximate surface area is 247 Å². The van der Waals surface area contributed by atoms with Crippen LogP contribution in [-0.2, 0) is 16.1 Å². The van der Waals surface area contributed by atoms with Gasteiger partial charge in [0.05, 0.1) is 0 Å². The van der Waals surface area contributed by atoms with E-state index in [0.29, 0.717) is 38.0 Å². The zero-order valence-corrected chi connectivity index (χ0v) is 23.8. The smallest absolute Gasteiger partial charge is 0.239 e. The number of unbranched alkanes of at least 4 members (excludes halogenated alkanes) is 1. The number of benzene rings is 3. The second-order valence-corrected chi connectivity index (χ2v) is 11.3. The Morgan fingerprint density at radius 2 is 1.48 bits per heavy atom. The summed E-state index contributed by atoms with van der Waals surface area (Å²) in [5, 5.41) is 3.69. The minimum Gasteiger partial charge on any atom is -0.336 e. The van der Waals surface area contributed by atoms with Gasteiger partial charge in [-0.3, -0.25) is 9.59 Å². The summed E-state index contributed by atoms with van der Waals surface area (Å²) in [7, 11) is 0. The van der Waals surface area contributed by atoms with E-state index in [-0.39, 0.29) is 11.8 Å². The molecule has 0 radical (unpaired) electrons. The average Bonchev–Trinajstić information content (AvgIpc) is 3.84. The highest BCUT2D eigenvalue weighted by atomic mass is 16.2. The number of nitrogens with zero attached hydrogens (tertiary/aromatic N) is 4. The van der Waals surface area contributed by atoms with Gasteiger partial charge in [-0.25, -0.2) is 9.97 Å². The standard InChI is InChI=1S/C35H37N5O2/c41-34-31(35(42)40(30-11-5-2-6-12-30)20-19-39(34)24-26-9-3-1-4-10-26)13-7-8-18-38-33-21-32(33)28-16-14-27(15-17-28)29-22-36-25-37-23-29/h1-6,9-12,14-17,22-23,25,31-33,38H,7-8,13,18-21,24H2/t31?,32-,33+/m0/s1. The zero-order valence-electron chi connectivity index (χ0n) is 23.8. The summed E-state index contributed by atoms with van der Waals surface area (Å²) in [4.78, 5) is 39.3. The largest absolute Gasteiger partial charge is 0.336 e. The van der Waals surface area contributed by atoms with E-state index in [2.05, 4.69) is 39.6 Å². The third kappa shape index (κ3) is 6.58. The van der Waals surface area contributed by atoms with Gasteiger partial charge in [0, 0.05) is 55.2 Å². The van der Waals surface area contributed by atoms with Crippen molar-refractivity contribution < 1.29 is 9.59 Å². The van der Waals surface area contributed by atoms with Crippen molar-refractivity contribution in [3.8, 4) is 11.1 Å². The Morgan fingerprint density at radius 3 is 2.21 bits per heavy atom. The molecule has 1 aromatic heterocycles. The van der Waals surface area contributed by atoms with Crippen molar-refractivity contribution in [2.24, 2.45) is 5.92 Å². The fourth-order valence-corrected chi connectivity index (χ4v) is 5.95. The number of amides is 2. The van der Waals surface area contributed by atoms with Gasteiger partial charge in [0.1, 0.15) is 12.2 Å². The normalized spacial score (nSPS) is 20.4. The van der Waals surface area contributed by atoms with Crippen LogP contribution in [0.15, 0.2) is 104 Å². The van der Waals surface area contributed by atoms with E-state index in [9.17, 15) is 9.59 Å². The van der Waals surface area contributed by atoms with Gasteiger partial charge in [-0.15, -0.1) is 0 Å². The van der Waals surface area contributed by atoms with Crippen LogP contribution in [0.2, 0.25) is 0 Å². The van der Waals surface area contributed by atoms with Crippen LogP contribution in [0.3, 0.4) is 0 Å². The summed E-state index contributed by atoms with van der Waals surface area (Å²) in [6, 6.07) is 28.9. The first-order valence-corrected chi connectivity index (χ1v) is 15.0. The maximum absolute atomic E-state index is 13.7. The number of rotatable bonds is 11. The van der Waals surface area contributed by atoms with Crippen LogP contribution in [0, 0.1) is 5.92 Å².